The van der Waals surface area contributed by atoms with E-state index in [1.54, 1.807) is 22.7 Å². The van der Waals surface area contributed by atoms with Crippen LogP contribution in [0.4, 0.5) is 10.2 Å². The second kappa shape index (κ2) is 3.59. The number of rotatable bonds is 1. The van der Waals surface area contributed by atoms with Gasteiger partial charge in [-0.1, -0.05) is 18.2 Å². The van der Waals surface area contributed by atoms with Crippen molar-refractivity contribution < 1.29 is 4.39 Å². The minimum absolute atomic E-state index is 0.271. The molecule has 0 atom stereocenters. The number of fused-ring (bicyclic) bond motifs is 1. The van der Waals surface area contributed by atoms with Crippen LogP contribution >= 0.6 is 0 Å². The number of nitrogens with two attached hydrogens (primary N) is 1. The lowest BCUT2D eigenvalue weighted by Gasteiger charge is -1.96. The van der Waals surface area contributed by atoms with Crippen molar-refractivity contribution in [2.75, 3.05) is 5.73 Å². The summed E-state index contributed by atoms with van der Waals surface area (Å²) in [6.07, 6.45) is 1.80. The van der Waals surface area contributed by atoms with Crippen molar-refractivity contribution in [1.29, 1.82) is 0 Å². The number of aromatic nitrogens is 2. The molecule has 0 amide bonds. The van der Waals surface area contributed by atoms with Crippen molar-refractivity contribution in [2.24, 2.45) is 0 Å². The Kier molecular flexibility index (Phi) is 2.08. The van der Waals surface area contributed by atoms with Crippen molar-refractivity contribution in [3.63, 3.8) is 0 Å². The number of anilines is 1. The molecule has 17 heavy (non-hydrogen) atoms. The first kappa shape index (κ1) is 9.84. The molecule has 0 unspecified atom stereocenters. The molecule has 0 bridgehead atoms. The highest BCUT2D eigenvalue weighted by atomic mass is 19.1. The van der Waals surface area contributed by atoms with E-state index in [1.165, 1.54) is 12.1 Å². The molecule has 2 N–H and O–H groups in total. The van der Waals surface area contributed by atoms with Crippen molar-refractivity contribution >= 4 is 11.5 Å². The molecule has 2 heterocycles. The number of imidazole rings is 1. The van der Waals surface area contributed by atoms with E-state index in [9.17, 15) is 4.39 Å². The molecule has 1 aromatic carbocycles. The quantitative estimate of drug-likeness (QED) is 0.694. The number of pyridine rings is 1. The maximum atomic E-state index is 13.1. The number of nitrogen functional groups attached to an aromatic ring is 1. The summed E-state index contributed by atoms with van der Waals surface area (Å²) >= 11 is 0. The predicted octanol–water partition coefficient (Wildman–Crippen LogP) is 2.72. The maximum absolute atomic E-state index is 13.1. The topological polar surface area (TPSA) is 43.3 Å². The number of halogens is 1. The first-order valence-corrected chi connectivity index (χ1v) is 5.23. The molecule has 0 aliphatic rings. The molecular formula is C13H10FN3. The van der Waals surface area contributed by atoms with Crippen LogP contribution in [0.25, 0.3) is 16.9 Å². The van der Waals surface area contributed by atoms with Gasteiger partial charge in [-0.3, -0.25) is 4.40 Å². The first-order chi connectivity index (χ1) is 8.24. The van der Waals surface area contributed by atoms with E-state index in [0.29, 0.717) is 11.5 Å². The van der Waals surface area contributed by atoms with Gasteiger partial charge in [0.25, 0.3) is 0 Å². The monoisotopic (exact) mass is 227 g/mol. The molecule has 0 aliphatic carbocycles. The third-order valence-corrected chi connectivity index (χ3v) is 2.64. The highest BCUT2D eigenvalue weighted by molar-refractivity contribution is 5.64. The molecule has 0 saturated heterocycles. The molecule has 0 saturated carbocycles. The standard InChI is InChI=1S/C13H10FN3/c14-10-4-1-3-9(7-10)11-8-17-12(15)5-2-6-13(17)16-11/h1-8H,15H2. The zero-order chi connectivity index (χ0) is 11.8. The lowest BCUT2D eigenvalue weighted by molar-refractivity contribution is 0.628. The molecule has 4 heteroatoms. The van der Waals surface area contributed by atoms with E-state index < -0.39 is 0 Å². The number of hydrogen-bond donors (Lipinski definition) is 1. The minimum atomic E-state index is -0.271. The fourth-order valence-corrected chi connectivity index (χ4v) is 1.82. The number of hydrogen-bond acceptors (Lipinski definition) is 2. The molecule has 84 valence electrons. The van der Waals surface area contributed by atoms with Crippen molar-refractivity contribution in [3.8, 4) is 11.3 Å². The third kappa shape index (κ3) is 1.63. The average molecular weight is 227 g/mol. The molecule has 0 fully saturated rings. The Balaban J connectivity index is 2.22. The fraction of sp³-hybridized carbons (Fsp3) is 0. The Hall–Kier alpha value is -2.36. The molecule has 0 aliphatic heterocycles. The third-order valence-electron chi connectivity index (χ3n) is 2.64. The fourth-order valence-electron chi connectivity index (χ4n) is 1.82. The van der Waals surface area contributed by atoms with Gasteiger partial charge in [-0.25, -0.2) is 9.37 Å². The zero-order valence-corrected chi connectivity index (χ0v) is 8.97. The van der Waals surface area contributed by atoms with Crippen molar-refractivity contribution in [1.82, 2.24) is 9.38 Å². The summed E-state index contributed by atoms with van der Waals surface area (Å²) in [6.45, 7) is 0. The van der Waals surface area contributed by atoms with Crippen LogP contribution in [0.15, 0.2) is 48.7 Å². The Bertz CT molecular complexity index is 688. The summed E-state index contributed by atoms with van der Waals surface area (Å²) in [5.74, 6) is 0.338. The maximum Gasteiger partial charge on any atom is 0.139 e. The van der Waals surface area contributed by atoms with E-state index in [-0.39, 0.29) is 5.82 Å². The highest BCUT2D eigenvalue weighted by Gasteiger charge is 2.06. The number of nitrogens with zero attached hydrogens (tertiary/aromatic N) is 2. The predicted molar refractivity (Wildman–Crippen MR) is 65.0 cm³/mol. The lowest BCUT2D eigenvalue weighted by atomic mass is 10.2. The molecule has 3 nitrogen and oxygen atoms in total. The average Bonchev–Trinajstić information content (AvgIpc) is 2.74. The van der Waals surface area contributed by atoms with E-state index >= 15 is 0 Å². The summed E-state index contributed by atoms with van der Waals surface area (Å²) in [7, 11) is 0. The Morgan fingerprint density at radius 3 is 2.71 bits per heavy atom. The Morgan fingerprint density at radius 1 is 1.12 bits per heavy atom. The molecule has 2 aromatic heterocycles. The normalized spacial score (nSPS) is 10.9. The van der Waals surface area contributed by atoms with Crippen LogP contribution in [0.3, 0.4) is 0 Å². The van der Waals surface area contributed by atoms with E-state index in [4.69, 9.17) is 5.73 Å². The van der Waals surface area contributed by atoms with Crippen LogP contribution in [-0.4, -0.2) is 9.38 Å². The molecule has 0 radical (unpaired) electrons. The summed E-state index contributed by atoms with van der Waals surface area (Å²) in [6, 6.07) is 11.8. The summed E-state index contributed by atoms with van der Waals surface area (Å²) in [5, 5.41) is 0. The Labute approximate surface area is 97.3 Å². The van der Waals surface area contributed by atoms with Gasteiger partial charge in [0.15, 0.2) is 0 Å². The van der Waals surface area contributed by atoms with Gasteiger partial charge >= 0.3 is 0 Å². The smallest absolute Gasteiger partial charge is 0.139 e. The van der Waals surface area contributed by atoms with Crippen LogP contribution in [-0.2, 0) is 0 Å². The SMILES string of the molecule is Nc1cccc2nc(-c3cccc(F)c3)cn12. The van der Waals surface area contributed by atoms with Crippen LogP contribution in [0, 0.1) is 5.82 Å². The van der Waals surface area contributed by atoms with Crippen LogP contribution in [0.5, 0.6) is 0 Å². The lowest BCUT2D eigenvalue weighted by Crippen LogP contribution is -1.93. The van der Waals surface area contributed by atoms with Gasteiger partial charge in [0.1, 0.15) is 17.3 Å². The zero-order valence-electron chi connectivity index (χ0n) is 8.97. The summed E-state index contributed by atoms with van der Waals surface area (Å²) < 4.78 is 14.9. The van der Waals surface area contributed by atoms with Gasteiger partial charge in [-0.05, 0) is 24.3 Å². The van der Waals surface area contributed by atoms with Gasteiger partial charge in [0.05, 0.1) is 5.69 Å². The second-order valence-electron chi connectivity index (χ2n) is 3.82. The first-order valence-electron chi connectivity index (χ1n) is 5.23. The van der Waals surface area contributed by atoms with Gasteiger partial charge in [0.2, 0.25) is 0 Å². The molecule has 0 spiro atoms. The van der Waals surface area contributed by atoms with Crippen molar-refractivity contribution in [3.05, 3.63) is 54.5 Å². The molecule has 3 rings (SSSR count). The van der Waals surface area contributed by atoms with E-state index in [2.05, 4.69) is 4.98 Å². The van der Waals surface area contributed by atoms with Crippen molar-refractivity contribution in [2.45, 2.75) is 0 Å². The van der Waals surface area contributed by atoms with E-state index in [0.717, 1.165) is 11.2 Å². The van der Waals surface area contributed by atoms with Crippen LogP contribution < -0.4 is 5.73 Å². The van der Waals surface area contributed by atoms with Gasteiger partial charge in [0, 0.05) is 11.8 Å². The number of benzene rings is 1. The second-order valence-corrected chi connectivity index (χ2v) is 3.82. The van der Waals surface area contributed by atoms with Gasteiger partial charge in [-0.15, -0.1) is 0 Å². The van der Waals surface area contributed by atoms with Gasteiger partial charge < -0.3 is 5.73 Å². The summed E-state index contributed by atoms with van der Waals surface area (Å²) in [4.78, 5) is 4.40. The summed E-state index contributed by atoms with van der Waals surface area (Å²) in [5.41, 5.74) is 8.03. The van der Waals surface area contributed by atoms with Crippen LogP contribution in [0.1, 0.15) is 0 Å². The largest absolute Gasteiger partial charge is 0.385 e. The molecular weight excluding hydrogens is 217 g/mol. The van der Waals surface area contributed by atoms with Gasteiger partial charge in [-0.2, -0.15) is 0 Å². The Morgan fingerprint density at radius 2 is 1.94 bits per heavy atom. The highest BCUT2D eigenvalue weighted by Crippen LogP contribution is 2.21. The molecule has 3 aromatic rings. The van der Waals surface area contributed by atoms with Crippen LogP contribution in [0.2, 0.25) is 0 Å². The minimum Gasteiger partial charge on any atom is -0.385 e. The van der Waals surface area contributed by atoms with E-state index in [1.807, 2.05) is 18.2 Å².